The van der Waals surface area contributed by atoms with E-state index in [9.17, 15) is 4.79 Å². The summed E-state index contributed by atoms with van der Waals surface area (Å²) in [5.41, 5.74) is 0.822. The van der Waals surface area contributed by atoms with Crippen molar-refractivity contribution < 1.29 is 4.79 Å². The van der Waals surface area contributed by atoms with Crippen molar-refractivity contribution in [3.8, 4) is 0 Å². The first-order chi connectivity index (χ1) is 14.1. The van der Waals surface area contributed by atoms with E-state index >= 15 is 0 Å². The number of carbonyl (C=O) groups excluding carboxylic acids is 1. The van der Waals surface area contributed by atoms with Gasteiger partial charge in [-0.1, -0.05) is 18.2 Å². The highest BCUT2D eigenvalue weighted by Gasteiger charge is 2.24. The maximum absolute atomic E-state index is 12.5. The summed E-state index contributed by atoms with van der Waals surface area (Å²) in [5, 5.41) is 2.96. The number of aromatic nitrogens is 2. The molecule has 0 spiro atoms. The van der Waals surface area contributed by atoms with Gasteiger partial charge in [0.05, 0.1) is 0 Å². The molecular formula is C21H29N7O. The zero-order valence-corrected chi connectivity index (χ0v) is 17.2. The smallest absolute Gasteiger partial charge is 0.321 e. The topological polar surface area (TPSA) is 67.8 Å². The van der Waals surface area contributed by atoms with Crippen molar-refractivity contribution in [2.45, 2.75) is 6.92 Å². The number of hydrogen-bond acceptors (Lipinski definition) is 6. The zero-order valence-electron chi connectivity index (χ0n) is 17.2. The van der Waals surface area contributed by atoms with Crippen LogP contribution in [-0.4, -0.2) is 85.2 Å². The van der Waals surface area contributed by atoms with E-state index in [1.807, 2.05) is 42.2 Å². The van der Waals surface area contributed by atoms with Crippen LogP contribution in [0, 0.1) is 6.92 Å². The Morgan fingerprint density at radius 3 is 2.00 bits per heavy atom. The van der Waals surface area contributed by atoms with Gasteiger partial charge in [-0.2, -0.15) is 0 Å². The maximum Gasteiger partial charge on any atom is 0.321 e. The second-order valence-corrected chi connectivity index (χ2v) is 7.69. The van der Waals surface area contributed by atoms with E-state index in [0.29, 0.717) is 13.1 Å². The Hall–Kier alpha value is -2.87. The molecule has 1 N–H and O–H groups in total. The van der Waals surface area contributed by atoms with Gasteiger partial charge in [0, 0.05) is 64.1 Å². The van der Waals surface area contributed by atoms with Crippen molar-refractivity contribution in [2.24, 2.45) is 0 Å². The van der Waals surface area contributed by atoms with Crippen LogP contribution >= 0.6 is 0 Å². The molecule has 1 aromatic carbocycles. The zero-order chi connectivity index (χ0) is 20.2. The molecule has 0 atom stereocenters. The number of benzene rings is 1. The lowest BCUT2D eigenvalue weighted by atomic mass is 10.3. The highest BCUT2D eigenvalue weighted by atomic mass is 16.2. The molecule has 2 aliphatic rings. The van der Waals surface area contributed by atoms with Gasteiger partial charge in [-0.3, -0.25) is 0 Å². The number of nitrogens with zero attached hydrogens (tertiary/aromatic N) is 6. The predicted molar refractivity (Wildman–Crippen MR) is 116 cm³/mol. The third-order valence-electron chi connectivity index (χ3n) is 5.55. The Labute approximate surface area is 172 Å². The van der Waals surface area contributed by atoms with Gasteiger partial charge in [-0.25, -0.2) is 14.8 Å². The van der Waals surface area contributed by atoms with Crippen molar-refractivity contribution in [2.75, 3.05) is 74.5 Å². The second kappa shape index (κ2) is 8.65. The molecule has 0 bridgehead atoms. The predicted octanol–water partition coefficient (Wildman–Crippen LogP) is 1.89. The summed E-state index contributed by atoms with van der Waals surface area (Å²) >= 11 is 0. The maximum atomic E-state index is 12.5. The van der Waals surface area contributed by atoms with Gasteiger partial charge in [-0.05, 0) is 26.1 Å². The number of likely N-dealkylation sites (N-methyl/N-ethyl adjacent to an activating group) is 1. The Morgan fingerprint density at radius 1 is 0.862 bits per heavy atom. The summed E-state index contributed by atoms with van der Waals surface area (Å²) in [6, 6.07) is 11.6. The number of rotatable bonds is 3. The van der Waals surface area contributed by atoms with E-state index in [2.05, 4.69) is 43.1 Å². The minimum Gasteiger partial charge on any atom is -0.354 e. The van der Waals surface area contributed by atoms with E-state index in [1.165, 1.54) is 0 Å². The molecule has 2 aromatic rings. The van der Waals surface area contributed by atoms with E-state index in [1.54, 1.807) is 0 Å². The van der Waals surface area contributed by atoms with Gasteiger partial charge in [0.25, 0.3) is 0 Å². The van der Waals surface area contributed by atoms with Crippen LogP contribution in [0.1, 0.15) is 5.82 Å². The highest BCUT2D eigenvalue weighted by Crippen LogP contribution is 2.21. The summed E-state index contributed by atoms with van der Waals surface area (Å²) < 4.78 is 0. The molecule has 2 saturated heterocycles. The summed E-state index contributed by atoms with van der Waals surface area (Å²) in [6.45, 7) is 8.90. The Bertz CT molecular complexity index is 828. The molecule has 29 heavy (non-hydrogen) atoms. The minimum atomic E-state index is -0.0483. The van der Waals surface area contributed by atoms with Crippen LogP contribution < -0.4 is 15.1 Å². The Kier molecular flexibility index (Phi) is 5.80. The van der Waals surface area contributed by atoms with Gasteiger partial charge in [0.1, 0.15) is 17.5 Å². The summed E-state index contributed by atoms with van der Waals surface area (Å²) in [5.74, 6) is 2.75. The molecule has 8 nitrogen and oxygen atoms in total. The molecule has 154 valence electrons. The Morgan fingerprint density at radius 2 is 1.41 bits per heavy atom. The number of nitrogens with one attached hydrogen (secondary N) is 1. The van der Waals surface area contributed by atoms with Crippen molar-refractivity contribution >= 4 is 23.4 Å². The molecule has 0 aliphatic carbocycles. The largest absolute Gasteiger partial charge is 0.354 e. The van der Waals surface area contributed by atoms with Crippen molar-refractivity contribution in [3.63, 3.8) is 0 Å². The van der Waals surface area contributed by atoms with Crippen molar-refractivity contribution in [1.82, 2.24) is 19.8 Å². The number of piperazine rings is 2. The third-order valence-corrected chi connectivity index (χ3v) is 5.55. The number of amides is 2. The summed E-state index contributed by atoms with van der Waals surface area (Å²) in [6.07, 6.45) is 0. The first-order valence-electron chi connectivity index (χ1n) is 10.2. The minimum absolute atomic E-state index is 0.0483. The molecule has 1 aromatic heterocycles. The lowest BCUT2D eigenvalue weighted by Crippen LogP contribution is -2.50. The number of anilines is 3. The SMILES string of the molecule is Cc1nc(N2CCN(C)CC2)cc(N2CCN(C(=O)Nc3ccccc3)CC2)n1. The molecule has 8 heteroatoms. The lowest BCUT2D eigenvalue weighted by Gasteiger charge is -2.36. The molecule has 2 fully saturated rings. The molecular weight excluding hydrogens is 366 g/mol. The van der Waals surface area contributed by atoms with Crippen LogP contribution in [0.2, 0.25) is 0 Å². The van der Waals surface area contributed by atoms with E-state index in [0.717, 1.165) is 62.4 Å². The van der Waals surface area contributed by atoms with Crippen LogP contribution in [0.15, 0.2) is 36.4 Å². The molecule has 2 amide bonds. The van der Waals surface area contributed by atoms with Crippen LogP contribution in [0.3, 0.4) is 0 Å². The molecule has 4 rings (SSSR count). The fourth-order valence-electron chi connectivity index (χ4n) is 3.76. The molecule has 0 radical (unpaired) electrons. The quantitative estimate of drug-likeness (QED) is 0.856. The monoisotopic (exact) mass is 395 g/mol. The van der Waals surface area contributed by atoms with Crippen molar-refractivity contribution in [1.29, 1.82) is 0 Å². The summed E-state index contributed by atoms with van der Waals surface area (Å²) in [7, 11) is 2.15. The number of urea groups is 1. The number of carbonyl (C=O) groups is 1. The fourth-order valence-corrected chi connectivity index (χ4v) is 3.76. The fraction of sp³-hybridized carbons (Fsp3) is 0.476. The standard InChI is InChI=1S/C21H29N7O/c1-17-22-19(26-10-8-25(2)9-11-26)16-20(23-17)27-12-14-28(15-13-27)21(29)24-18-6-4-3-5-7-18/h3-7,16H,8-15H2,1-2H3,(H,24,29). The van der Waals surface area contributed by atoms with Gasteiger partial charge in [0.15, 0.2) is 0 Å². The van der Waals surface area contributed by atoms with Gasteiger partial charge >= 0.3 is 6.03 Å². The van der Waals surface area contributed by atoms with Crippen LogP contribution in [0.4, 0.5) is 22.1 Å². The van der Waals surface area contributed by atoms with E-state index in [-0.39, 0.29) is 6.03 Å². The average Bonchev–Trinajstić information content (AvgIpc) is 2.74. The molecule has 0 saturated carbocycles. The first-order valence-corrected chi connectivity index (χ1v) is 10.2. The van der Waals surface area contributed by atoms with Crippen molar-refractivity contribution in [3.05, 3.63) is 42.2 Å². The highest BCUT2D eigenvalue weighted by molar-refractivity contribution is 5.89. The average molecular weight is 396 g/mol. The number of aryl methyl sites for hydroxylation is 1. The number of hydrogen-bond donors (Lipinski definition) is 1. The van der Waals surface area contributed by atoms with Crippen LogP contribution in [0.25, 0.3) is 0 Å². The lowest BCUT2D eigenvalue weighted by molar-refractivity contribution is 0.208. The Balaban J connectivity index is 1.37. The van der Waals surface area contributed by atoms with Crippen LogP contribution in [-0.2, 0) is 0 Å². The first kappa shape index (κ1) is 19.4. The normalized spacial score (nSPS) is 18.1. The molecule has 3 heterocycles. The van der Waals surface area contributed by atoms with Gasteiger partial charge < -0.3 is 24.9 Å². The molecule has 2 aliphatic heterocycles. The third kappa shape index (κ3) is 4.76. The second-order valence-electron chi connectivity index (χ2n) is 7.69. The summed E-state index contributed by atoms with van der Waals surface area (Å²) in [4.78, 5) is 30.6. The van der Waals surface area contributed by atoms with Gasteiger partial charge in [0.2, 0.25) is 0 Å². The van der Waals surface area contributed by atoms with E-state index in [4.69, 9.17) is 0 Å². The molecule has 0 unspecified atom stereocenters. The van der Waals surface area contributed by atoms with Crippen LogP contribution in [0.5, 0.6) is 0 Å². The number of para-hydroxylation sites is 1. The van der Waals surface area contributed by atoms with E-state index < -0.39 is 0 Å². The van der Waals surface area contributed by atoms with Gasteiger partial charge in [-0.15, -0.1) is 0 Å².